The summed E-state index contributed by atoms with van der Waals surface area (Å²) in [6, 6.07) is 14.5. The number of nitrogens with one attached hydrogen (secondary N) is 1. The molecule has 7 heteroatoms. The van der Waals surface area contributed by atoms with E-state index in [2.05, 4.69) is 21.3 Å². The Bertz CT molecular complexity index is 1160. The Hall–Kier alpha value is -3.61. The first-order chi connectivity index (χ1) is 14.6. The lowest BCUT2D eigenvalue weighted by Gasteiger charge is -2.44. The number of rotatable bonds is 3. The van der Waals surface area contributed by atoms with Crippen LogP contribution >= 0.6 is 0 Å². The van der Waals surface area contributed by atoms with Crippen molar-refractivity contribution in [3.63, 3.8) is 0 Å². The van der Waals surface area contributed by atoms with Gasteiger partial charge in [0.25, 0.3) is 11.5 Å². The summed E-state index contributed by atoms with van der Waals surface area (Å²) in [5.74, 6) is 0.508. The summed E-state index contributed by atoms with van der Waals surface area (Å²) in [4.78, 5) is 31.0. The molecule has 1 aromatic carbocycles. The molecule has 0 radical (unpaired) electrons. The van der Waals surface area contributed by atoms with Crippen LogP contribution in [0.3, 0.4) is 0 Å². The number of nitrogen functional groups attached to an aromatic ring is 1. The highest BCUT2D eigenvalue weighted by atomic mass is 16.1. The van der Waals surface area contributed by atoms with Crippen molar-refractivity contribution in [2.24, 2.45) is 5.92 Å². The van der Waals surface area contributed by atoms with Crippen molar-refractivity contribution in [2.45, 2.75) is 18.9 Å². The summed E-state index contributed by atoms with van der Waals surface area (Å²) >= 11 is 0. The molecule has 2 atom stereocenters. The molecule has 30 heavy (non-hydrogen) atoms. The number of nitrogens with zero attached hydrogens (tertiary/aromatic N) is 3. The number of carbonyl (C=O) groups excluding carboxylic acids is 1. The average Bonchev–Trinajstić information content (AvgIpc) is 2.75. The second-order valence-electron chi connectivity index (χ2n) is 8.07. The number of aromatic nitrogens is 2. The molecule has 4 heterocycles. The first-order valence-electron chi connectivity index (χ1n) is 10.1. The van der Waals surface area contributed by atoms with Gasteiger partial charge < -0.3 is 20.5 Å². The second kappa shape index (κ2) is 7.33. The maximum absolute atomic E-state index is 12.5. The second-order valence-corrected chi connectivity index (χ2v) is 8.07. The molecule has 1 saturated heterocycles. The highest BCUT2D eigenvalue weighted by Crippen LogP contribution is 2.38. The number of pyridine rings is 2. The molecule has 0 aliphatic carbocycles. The SMILES string of the molecule is Nc1cc(C(=O)Nc2ccncc2)ccc1N1C[C@H]2C[C@@H](C1)c1cccc(=O)n1C2. The third kappa shape index (κ3) is 3.32. The van der Waals surface area contributed by atoms with Crippen molar-refractivity contribution in [1.82, 2.24) is 9.55 Å². The number of hydrogen-bond donors (Lipinski definition) is 2. The lowest BCUT2D eigenvalue weighted by Crippen LogP contribution is -2.47. The van der Waals surface area contributed by atoms with Gasteiger partial charge in [0, 0.05) is 61.0 Å². The van der Waals surface area contributed by atoms with E-state index in [0.29, 0.717) is 28.8 Å². The van der Waals surface area contributed by atoms with Crippen molar-refractivity contribution in [2.75, 3.05) is 29.0 Å². The minimum atomic E-state index is -0.205. The molecule has 1 fully saturated rings. The maximum atomic E-state index is 12.5. The minimum Gasteiger partial charge on any atom is -0.397 e. The standard InChI is InChI=1S/C23H23N5O2/c24-19-11-16(23(30)26-18-6-8-25-9-7-18)4-5-21(19)27-12-15-10-17(14-27)20-2-1-3-22(29)28(20)13-15/h1-9,11,15,17H,10,12-14,24H2,(H,25,26,30)/t15-,17+/m1/s1. The quantitative estimate of drug-likeness (QED) is 0.658. The molecule has 3 N–H and O–H groups in total. The van der Waals surface area contributed by atoms with Gasteiger partial charge in [0.15, 0.2) is 0 Å². The van der Waals surface area contributed by atoms with Gasteiger partial charge in [0.2, 0.25) is 0 Å². The topological polar surface area (TPSA) is 93.2 Å². The molecule has 5 rings (SSSR count). The molecule has 152 valence electrons. The van der Waals surface area contributed by atoms with Gasteiger partial charge in [-0.05, 0) is 48.7 Å². The zero-order valence-corrected chi connectivity index (χ0v) is 16.5. The van der Waals surface area contributed by atoms with E-state index in [1.54, 1.807) is 36.7 Å². The van der Waals surface area contributed by atoms with E-state index in [1.165, 1.54) is 0 Å². The Labute approximate surface area is 174 Å². The number of amides is 1. The van der Waals surface area contributed by atoms with E-state index < -0.39 is 0 Å². The highest BCUT2D eigenvalue weighted by molar-refractivity contribution is 6.05. The zero-order valence-electron chi connectivity index (χ0n) is 16.5. The Kier molecular flexibility index (Phi) is 4.50. The summed E-state index contributed by atoms with van der Waals surface area (Å²) in [7, 11) is 0. The van der Waals surface area contributed by atoms with Gasteiger partial charge in [-0.3, -0.25) is 14.6 Å². The first-order valence-corrected chi connectivity index (χ1v) is 10.1. The largest absolute Gasteiger partial charge is 0.397 e. The molecular weight excluding hydrogens is 378 g/mol. The number of fused-ring (bicyclic) bond motifs is 4. The lowest BCUT2D eigenvalue weighted by atomic mass is 9.83. The van der Waals surface area contributed by atoms with Gasteiger partial charge in [0.05, 0.1) is 11.4 Å². The summed E-state index contributed by atoms with van der Waals surface area (Å²) in [6.45, 7) is 2.41. The minimum absolute atomic E-state index is 0.0831. The van der Waals surface area contributed by atoms with E-state index >= 15 is 0 Å². The zero-order chi connectivity index (χ0) is 20.7. The molecule has 3 aromatic rings. The summed E-state index contributed by atoms with van der Waals surface area (Å²) in [6.07, 6.45) is 4.35. The van der Waals surface area contributed by atoms with Gasteiger partial charge in [-0.15, -0.1) is 0 Å². The fourth-order valence-electron chi connectivity index (χ4n) is 4.72. The van der Waals surface area contributed by atoms with Crippen LogP contribution in [-0.4, -0.2) is 28.5 Å². The van der Waals surface area contributed by atoms with Crippen LogP contribution in [0.4, 0.5) is 17.1 Å². The maximum Gasteiger partial charge on any atom is 0.255 e. The lowest BCUT2D eigenvalue weighted by molar-refractivity contribution is 0.102. The number of carbonyl (C=O) groups is 1. The van der Waals surface area contributed by atoms with Crippen molar-refractivity contribution in [3.05, 3.63) is 82.5 Å². The van der Waals surface area contributed by atoms with Crippen LogP contribution in [-0.2, 0) is 6.54 Å². The third-order valence-electron chi connectivity index (χ3n) is 6.05. The summed E-state index contributed by atoms with van der Waals surface area (Å²) in [5, 5.41) is 2.85. The van der Waals surface area contributed by atoms with Crippen molar-refractivity contribution >= 4 is 23.0 Å². The average molecular weight is 401 g/mol. The van der Waals surface area contributed by atoms with E-state index in [4.69, 9.17) is 5.73 Å². The van der Waals surface area contributed by atoms with Gasteiger partial charge in [-0.2, -0.15) is 0 Å². The van der Waals surface area contributed by atoms with Crippen molar-refractivity contribution < 1.29 is 4.79 Å². The van der Waals surface area contributed by atoms with E-state index in [0.717, 1.165) is 37.4 Å². The van der Waals surface area contributed by atoms with Crippen molar-refractivity contribution in [1.29, 1.82) is 0 Å². The molecule has 7 nitrogen and oxygen atoms in total. The van der Waals surface area contributed by atoms with Crippen LogP contribution in [0.15, 0.2) is 65.7 Å². The predicted octanol–water partition coefficient (Wildman–Crippen LogP) is 2.70. The summed E-state index contributed by atoms with van der Waals surface area (Å²) < 4.78 is 1.92. The Morgan fingerprint density at radius 3 is 2.70 bits per heavy atom. The smallest absolute Gasteiger partial charge is 0.255 e. The predicted molar refractivity (Wildman–Crippen MR) is 117 cm³/mol. The molecule has 2 aliphatic rings. The fraction of sp³-hybridized carbons (Fsp3) is 0.261. The number of hydrogen-bond acceptors (Lipinski definition) is 5. The molecule has 2 aliphatic heterocycles. The van der Waals surface area contributed by atoms with Gasteiger partial charge >= 0.3 is 0 Å². The molecule has 0 spiro atoms. The van der Waals surface area contributed by atoms with Crippen LogP contribution in [0.5, 0.6) is 0 Å². The molecule has 2 aromatic heterocycles. The number of nitrogens with two attached hydrogens (primary N) is 1. The fourth-order valence-corrected chi connectivity index (χ4v) is 4.72. The Morgan fingerprint density at radius 1 is 1.07 bits per heavy atom. The van der Waals surface area contributed by atoms with Crippen LogP contribution in [0.1, 0.15) is 28.4 Å². The van der Waals surface area contributed by atoms with Crippen LogP contribution in [0.2, 0.25) is 0 Å². The van der Waals surface area contributed by atoms with Crippen LogP contribution in [0, 0.1) is 5.92 Å². The van der Waals surface area contributed by atoms with Gasteiger partial charge in [0.1, 0.15) is 0 Å². The molecule has 2 bridgehead atoms. The van der Waals surface area contributed by atoms with E-state index in [-0.39, 0.29) is 11.5 Å². The van der Waals surface area contributed by atoms with E-state index in [1.807, 2.05) is 22.8 Å². The molecule has 1 amide bonds. The third-order valence-corrected chi connectivity index (χ3v) is 6.05. The first kappa shape index (κ1) is 18.4. The molecule has 0 unspecified atom stereocenters. The normalized spacial score (nSPS) is 19.8. The van der Waals surface area contributed by atoms with Crippen LogP contribution in [0.25, 0.3) is 0 Å². The molecule has 0 saturated carbocycles. The number of piperidine rings is 1. The van der Waals surface area contributed by atoms with Crippen molar-refractivity contribution in [3.8, 4) is 0 Å². The number of anilines is 3. The van der Waals surface area contributed by atoms with Crippen LogP contribution < -0.4 is 21.5 Å². The Morgan fingerprint density at radius 2 is 1.90 bits per heavy atom. The highest BCUT2D eigenvalue weighted by Gasteiger charge is 2.35. The van der Waals surface area contributed by atoms with Gasteiger partial charge in [-0.1, -0.05) is 6.07 Å². The molecular formula is C23H23N5O2. The van der Waals surface area contributed by atoms with Gasteiger partial charge in [-0.25, -0.2) is 0 Å². The monoisotopic (exact) mass is 401 g/mol. The number of benzene rings is 1. The van der Waals surface area contributed by atoms with E-state index in [9.17, 15) is 9.59 Å². The Balaban J connectivity index is 1.37. The summed E-state index contributed by atoms with van der Waals surface area (Å²) in [5.41, 5.74) is 10.3.